The number of hydrogen-bond donors (Lipinski definition) is 0. The summed E-state index contributed by atoms with van der Waals surface area (Å²) in [6.45, 7) is 3.89. The van der Waals surface area contributed by atoms with E-state index >= 15 is 0 Å². The summed E-state index contributed by atoms with van der Waals surface area (Å²) in [6.07, 6.45) is 6.00. The molecule has 32 heavy (non-hydrogen) atoms. The number of aromatic nitrogens is 1. The number of carbonyl (C=O) groups is 1. The number of para-hydroxylation sites is 2. The van der Waals surface area contributed by atoms with Gasteiger partial charge in [0.2, 0.25) is 5.91 Å². The molecule has 166 valence electrons. The number of benzene rings is 2. The zero-order valence-corrected chi connectivity index (χ0v) is 19.3. The summed E-state index contributed by atoms with van der Waals surface area (Å²) in [7, 11) is 1.94. The third kappa shape index (κ3) is 4.30. The molecule has 2 atom stereocenters. The Morgan fingerprint density at radius 3 is 2.69 bits per heavy atom. The van der Waals surface area contributed by atoms with Crippen LogP contribution in [-0.4, -0.2) is 49.1 Å². The Morgan fingerprint density at radius 2 is 1.84 bits per heavy atom. The Labute approximate surface area is 193 Å². The van der Waals surface area contributed by atoms with Crippen molar-refractivity contribution in [1.29, 1.82) is 0 Å². The highest BCUT2D eigenvalue weighted by Gasteiger charge is 2.34. The Hall–Kier alpha value is -2.70. The average molecular weight is 448 g/mol. The molecule has 0 N–H and O–H groups in total. The highest BCUT2D eigenvalue weighted by Crippen LogP contribution is 2.39. The number of carbonyl (C=O) groups excluding carboxylic acids is 1. The largest absolute Gasteiger partial charge is 0.378 e. The molecule has 0 unspecified atom stereocenters. The van der Waals surface area contributed by atoms with E-state index in [2.05, 4.69) is 53.5 Å². The van der Waals surface area contributed by atoms with E-state index in [0.29, 0.717) is 6.54 Å². The van der Waals surface area contributed by atoms with E-state index in [-0.39, 0.29) is 17.7 Å². The van der Waals surface area contributed by atoms with E-state index in [4.69, 9.17) is 9.72 Å². The minimum atomic E-state index is -0.0684. The molecule has 0 spiro atoms. The Balaban J connectivity index is 1.35. The standard InChI is InChI=1S/C26H29N3O2S/c1-28(18-19-8-2-6-12-23(19)29-14-16-31-17-15-29)26(30)21-10-4-3-9-20(21)25-27-22-11-5-7-13-24(22)32-25/h2-8,11-13,20-21H,9-10,14-18H2,1H3/t20-,21-/m1/s1. The van der Waals surface area contributed by atoms with Crippen LogP contribution in [0.5, 0.6) is 0 Å². The van der Waals surface area contributed by atoms with Crippen LogP contribution in [-0.2, 0) is 16.1 Å². The number of fused-ring (bicyclic) bond motifs is 1. The van der Waals surface area contributed by atoms with Gasteiger partial charge in [-0.15, -0.1) is 11.3 Å². The summed E-state index contributed by atoms with van der Waals surface area (Å²) in [5.74, 6) is 0.276. The van der Waals surface area contributed by atoms with Gasteiger partial charge in [0.25, 0.3) is 0 Å². The van der Waals surface area contributed by atoms with Gasteiger partial charge in [0, 0.05) is 38.3 Å². The smallest absolute Gasteiger partial charge is 0.226 e. The molecule has 2 aliphatic rings. The zero-order chi connectivity index (χ0) is 21.9. The van der Waals surface area contributed by atoms with Gasteiger partial charge in [0.1, 0.15) is 0 Å². The maximum absolute atomic E-state index is 13.6. The molecule has 2 heterocycles. The predicted molar refractivity (Wildman–Crippen MR) is 130 cm³/mol. The van der Waals surface area contributed by atoms with Gasteiger partial charge in [-0.25, -0.2) is 4.98 Å². The van der Waals surface area contributed by atoms with E-state index in [9.17, 15) is 4.79 Å². The molecule has 1 aliphatic carbocycles. The first-order valence-electron chi connectivity index (χ1n) is 11.4. The maximum Gasteiger partial charge on any atom is 0.226 e. The highest BCUT2D eigenvalue weighted by atomic mass is 32.1. The molecule has 2 aromatic carbocycles. The molecule has 1 aromatic heterocycles. The molecular weight excluding hydrogens is 418 g/mol. The highest BCUT2D eigenvalue weighted by molar-refractivity contribution is 7.18. The van der Waals surface area contributed by atoms with E-state index in [1.165, 1.54) is 16.0 Å². The van der Waals surface area contributed by atoms with Crippen molar-refractivity contribution < 1.29 is 9.53 Å². The number of anilines is 1. The molecule has 1 fully saturated rings. The number of thiazole rings is 1. The second-order valence-corrected chi connectivity index (χ2v) is 9.66. The monoisotopic (exact) mass is 447 g/mol. The van der Waals surface area contributed by atoms with Gasteiger partial charge in [0.15, 0.2) is 0 Å². The summed E-state index contributed by atoms with van der Waals surface area (Å²) >= 11 is 1.73. The molecule has 0 radical (unpaired) electrons. The molecule has 1 amide bonds. The Kier molecular flexibility index (Phi) is 6.23. The predicted octanol–water partition coefficient (Wildman–Crippen LogP) is 4.84. The van der Waals surface area contributed by atoms with E-state index in [1.807, 2.05) is 24.1 Å². The van der Waals surface area contributed by atoms with Crippen LogP contribution in [0, 0.1) is 5.92 Å². The van der Waals surface area contributed by atoms with Crippen molar-refractivity contribution in [2.45, 2.75) is 25.3 Å². The number of amides is 1. The fraction of sp³-hybridized carbons (Fsp3) is 0.385. The lowest BCUT2D eigenvalue weighted by Crippen LogP contribution is -2.38. The second-order valence-electron chi connectivity index (χ2n) is 8.60. The van der Waals surface area contributed by atoms with Crippen molar-refractivity contribution in [3.05, 3.63) is 71.3 Å². The van der Waals surface area contributed by atoms with Crippen LogP contribution in [0.3, 0.4) is 0 Å². The van der Waals surface area contributed by atoms with Crippen molar-refractivity contribution in [1.82, 2.24) is 9.88 Å². The van der Waals surface area contributed by atoms with Crippen LogP contribution >= 0.6 is 11.3 Å². The maximum atomic E-state index is 13.6. The number of ether oxygens (including phenoxy) is 1. The molecule has 0 bridgehead atoms. The lowest BCUT2D eigenvalue weighted by molar-refractivity contribution is -0.135. The minimum absolute atomic E-state index is 0.0684. The molecule has 6 heteroatoms. The fourth-order valence-corrected chi connectivity index (χ4v) is 5.93. The van der Waals surface area contributed by atoms with Crippen LogP contribution in [0.2, 0.25) is 0 Å². The fourth-order valence-electron chi connectivity index (χ4n) is 4.78. The van der Waals surface area contributed by atoms with Crippen molar-refractivity contribution in [3.63, 3.8) is 0 Å². The number of nitrogens with zero attached hydrogens (tertiary/aromatic N) is 3. The lowest BCUT2D eigenvalue weighted by Gasteiger charge is -2.33. The minimum Gasteiger partial charge on any atom is -0.378 e. The Bertz CT molecular complexity index is 1090. The van der Waals surface area contributed by atoms with Crippen molar-refractivity contribution in [3.8, 4) is 0 Å². The summed E-state index contributed by atoms with van der Waals surface area (Å²) in [4.78, 5) is 22.8. The third-order valence-electron chi connectivity index (χ3n) is 6.50. The van der Waals surface area contributed by atoms with Gasteiger partial charge in [-0.3, -0.25) is 4.79 Å². The van der Waals surface area contributed by atoms with Crippen LogP contribution < -0.4 is 4.90 Å². The molecule has 0 saturated carbocycles. The number of allylic oxidation sites excluding steroid dienone is 2. The van der Waals surface area contributed by atoms with Gasteiger partial charge >= 0.3 is 0 Å². The molecule has 3 aromatic rings. The van der Waals surface area contributed by atoms with E-state index in [0.717, 1.165) is 49.7 Å². The molecular formula is C26H29N3O2S. The number of rotatable bonds is 5. The van der Waals surface area contributed by atoms with Crippen molar-refractivity contribution >= 4 is 33.1 Å². The zero-order valence-electron chi connectivity index (χ0n) is 18.4. The second kappa shape index (κ2) is 9.43. The molecule has 1 aliphatic heterocycles. The van der Waals surface area contributed by atoms with Crippen LogP contribution in [0.25, 0.3) is 10.2 Å². The summed E-state index contributed by atoms with van der Waals surface area (Å²) in [6, 6.07) is 16.7. The van der Waals surface area contributed by atoms with E-state index < -0.39 is 0 Å². The number of morpholine rings is 1. The molecule has 1 saturated heterocycles. The first kappa shape index (κ1) is 21.2. The average Bonchev–Trinajstić information content (AvgIpc) is 3.29. The Morgan fingerprint density at radius 1 is 1.09 bits per heavy atom. The lowest BCUT2D eigenvalue weighted by atomic mass is 9.82. The van der Waals surface area contributed by atoms with E-state index in [1.54, 1.807) is 11.3 Å². The van der Waals surface area contributed by atoms with Crippen LogP contribution in [0.4, 0.5) is 5.69 Å². The molecule has 5 nitrogen and oxygen atoms in total. The quantitative estimate of drug-likeness (QED) is 0.525. The SMILES string of the molecule is CN(Cc1ccccc1N1CCOCC1)C(=O)[C@@H]1CC=CC[C@H]1c1nc2ccccc2s1. The van der Waals surface area contributed by atoms with Gasteiger partial charge < -0.3 is 14.5 Å². The van der Waals surface area contributed by atoms with Gasteiger partial charge in [0.05, 0.1) is 34.4 Å². The first-order chi connectivity index (χ1) is 15.7. The summed E-state index contributed by atoms with van der Waals surface area (Å²) in [5, 5.41) is 1.08. The van der Waals surface area contributed by atoms with Crippen LogP contribution in [0.1, 0.15) is 29.3 Å². The normalized spacial score (nSPS) is 21.1. The van der Waals surface area contributed by atoms with Crippen LogP contribution in [0.15, 0.2) is 60.7 Å². The molecule has 5 rings (SSSR count). The summed E-state index contributed by atoms with van der Waals surface area (Å²) < 4.78 is 6.71. The summed E-state index contributed by atoms with van der Waals surface area (Å²) in [5.41, 5.74) is 3.43. The first-order valence-corrected chi connectivity index (χ1v) is 12.2. The topological polar surface area (TPSA) is 45.7 Å². The van der Waals surface area contributed by atoms with Gasteiger partial charge in [-0.1, -0.05) is 42.5 Å². The van der Waals surface area contributed by atoms with Crippen molar-refractivity contribution in [2.75, 3.05) is 38.3 Å². The van der Waals surface area contributed by atoms with Crippen molar-refractivity contribution in [2.24, 2.45) is 5.92 Å². The van der Waals surface area contributed by atoms with Gasteiger partial charge in [-0.05, 0) is 36.6 Å². The van der Waals surface area contributed by atoms with Gasteiger partial charge in [-0.2, -0.15) is 0 Å². The number of hydrogen-bond acceptors (Lipinski definition) is 5. The third-order valence-corrected chi connectivity index (χ3v) is 7.67.